The Morgan fingerprint density at radius 3 is 2.40 bits per heavy atom. The predicted octanol–water partition coefficient (Wildman–Crippen LogP) is 3.57. The number of hydrogen-bond donors (Lipinski definition) is 2. The highest BCUT2D eigenvalue weighted by atomic mass is 32.1. The van der Waals surface area contributed by atoms with Crippen LogP contribution in [0, 0.1) is 0 Å². The highest BCUT2D eigenvalue weighted by molar-refractivity contribution is 7.80. The summed E-state index contributed by atoms with van der Waals surface area (Å²) in [6, 6.07) is 9.47. The van der Waals surface area contributed by atoms with Crippen LogP contribution in [0.3, 0.4) is 0 Å². The zero-order chi connectivity index (χ0) is 21.5. The molecule has 0 atom stereocenters. The molecule has 0 aromatic heterocycles. The third-order valence-electron chi connectivity index (χ3n) is 5.41. The van der Waals surface area contributed by atoms with Crippen molar-refractivity contribution in [1.82, 2.24) is 10.2 Å². The number of nitrogens with one attached hydrogen (secondary N) is 1. The van der Waals surface area contributed by atoms with Crippen molar-refractivity contribution in [2.24, 2.45) is 0 Å². The molecule has 7 heteroatoms. The fourth-order valence-electron chi connectivity index (χ4n) is 3.76. The lowest BCUT2D eigenvalue weighted by molar-refractivity contribution is 0.0949. The van der Waals surface area contributed by atoms with Gasteiger partial charge in [-0.1, -0.05) is 0 Å². The predicted molar refractivity (Wildman–Crippen MR) is 120 cm³/mol. The maximum Gasteiger partial charge on any atom is 0.255 e. The monoisotopic (exact) mass is 430 g/mol. The van der Waals surface area contributed by atoms with Crippen LogP contribution in [-0.2, 0) is 13.0 Å². The molecule has 6 nitrogen and oxygen atoms in total. The molecule has 3 rings (SSSR count). The Morgan fingerprint density at radius 1 is 1.00 bits per heavy atom. The molecule has 0 saturated carbocycles. The molecule has 1 heterocycles. The van der Waals surface area contributed by atoms with E-state index in [4.69, 9.17) is 14.2 Å². The minimum Gasteiger partial charge on any atom is -0.496 e. The number of nitrogens with zero attached hydrogens (tertiary/aromatic N) is 1. The van der Waals surface area contributed by atoms with Crippen LogP contribution in [0.25, 0.3) is 0 Å². The molecular formula is C23H30N2O4S. The van der Waals surface area contributed by atoms with E-state index in [0.29, 0.717) is 17.9 Å². The number of rotatable bonds is 9. The lowest BCUT2D eigenvalue weighted by Crippen LogP contribution is -2.32. The van der Waals surface area contributed by atoms with Crippen molar-refractivity contribution in [3.05, 3.63) is 47.0 Å². The molecule has 0 unspecified atom stereocenters. The molecule has 0 fully saturated rings. The van der Waals surface area contributed by atoms with Crippen molar-refractivity contribution in [3.63, 3.8) is 0 Å². The first kappa shape index (κ1) is 22.3. The molecular weight excluding hydrogens is 400 g/mol. The number of methoxy groups -OCH3 is 3. The van der Waals surface area contributed by atoms with E-state index in [1.54, 1.807) is 39.5 Å². The van der Waals surface area contributed by atoms with Crippen molar-refractivity contribution in [3.8, 4) is 17.2 Å². The first-order chi connectivity index (χ1) is 14.5. The summed E-state index contributed by atoms with van der Waals surface area (Å²) in [7, 11) is 4.90. The average molecular weight is 431 g/mol. The Kier molecular flexibility index (Phi) is 7.87. The minimum absolute atomic E-state index is 0.129. The van der Waals surface area contributed by atoms with E-state index in [1.165, 1.54) is 11.1 Å². The van der Waals surface area contributed by atoms with Gasteiger partial charge in [0.15, 0.2) is 11.5 Å². The minimum atomic E-state index is -0.129. The molecule has 1 N–H and O–H groups in total. The first-order valence-corrected chi connectivity index (χ1v) is 10.6. The number of amides is 1. The molecule has 0 bridgehead atoms. The van der Waals surface area contributed by atoms with Crippen molar-refractivity contribution < 1.29 is 19.0 Å². The Balaban J connectivity index is 1.45. The van der Waals surface area contributed by atoms with Crippen molar-refractivity contribution in [2.75, 3.05) is 41.0 Å². The van der Waals surface area contributed by atoms with E-state index in [1.807, 2.05) is 0 Å². The molecule has 30 heavy (non-hydrogen) atoms. The molecule has 0 radical (unpaired) electrons. The van der Waals surface area contributed by atoms with Gasteiger partial charge in [-0.2, -0.15) is 0 Å². The van der Waals surface area contributed by atoms with Gasteiger partial charge in [0.05, 0.1) is 26.9 Å². The number of fused-ring (bicyclic) bond motifs is 1. The quantitative estimate of drug-likeness (QED) is 0.471. The molecule has 0 aliphatic carbocycles. The van der Waals surface area contributed by atoms with E-state index in [2.05, 4.69) is 35.0 Å². The van der Waals surface area contributed by atoms with Gasteiger partial charge in [-0.3, -0.25) is 9.69 Å². The molecule has 1 aliphatic rings. The van der Waals surface area contributed by atoms with Gasteiger partial charge in [-0.05, 0) is 67.3 Å². The second kappa shape index (κ2) is 10.6. The number of unbranched alkanes of at least 4 members (excludes halogenated alkanes) is 1. The summed E-state index contributed by atoms with van der Waals surface area (Å²) in [4.78, 5) is 15.6. The smallest absolute Gasteiger partial charge is 0.255 e. The second-order valence-electron chi connectivity index (χ2n) is 7.35. The highest BCUT2D eigenvalue weighted by Gasteiger charge is 2.19. The van der Waals surface area contributed by atoms with Crippen LogP contribution >= 0.6 is 12.6 Å². The second-order valence-corrected chi connectivity index (χ2v) is 7.87. The number of benzene rings is 2. The summed E-state index contributed by atoms with van der Waals surface area (Å²) in [6.07, 6.45) is 2.95. The standard InChI is InChI=1S/C23H30N2O4S/c1-27-20-7-6-18(30)14-19(20)23(26)24-9-4-5-10-25-11-8-16-12-21(28-2)22(29-3)13-17(16)15-25/h6-7,12-14,30H,4-5,8-11,15H2,1-3H3,(H,24,26). The van der Waals surface area contributed by atoms with Crippen LogP contribution in [0.15, 0.2) is 35.2 Å². The summed E-state index contributed by atoms with van der Waals surface area (Å²) < 4.78 is 16.1. The van der Waals surface area contributed by atoms with Crippen LogP contribution in [0.5, 0.6) is 17.2 Å². The summed E-state index contributed by atoms with van der Waals surface area (Å²) >= 11 is 4.31. The normalized spacial score (nSPS) is 13.5. The Hall–Kier alpha value is -2.38. The average Bonchev–Trinajstić information content (AvgIpc) is 2.77. The van der Waals surface area contributed by atoms with Crippen LogP contribution in [0.2, 0.25) is 0 Å². The molecule has 162 valence electrons. The highest BCUT2D eigenvalue weighted by Crippen LogP contribution is 2.33. The fourth-order valence-corrected chi connectivity index (χ4v) is 3.97. The van der Waals surface area contributed by atoms with Crippen molar-refractivity contribution in [1.29, 1.82) is 0 Å². The molecule has 0 spiro atoms. The van der Waals surface area contributed by atoms with Crippen molar-refractivity contribution >= 4 is 18.5 Å². The van der Waals surface area contributed by atoms with Gasteiger partial charge < -0.3 is 19.5 Å². The SMILES string of the molecule is COc1cc2c(cc1OC)CN(CCCCNC(=O)c1cc(S)ccc1OC)CC2. The number of ether oxygens (including phenoxy) is 3. The molecule has 2 aromatic rings. The van der Waals surface area contributed by atoms with Gasteiger partial charge in [-0.15, -0.1) is 12.6 Å². The Morgan fingerprint density at radius 2 is 1.70 bits per heavy atom. The van der Waals surface area contributed by atoms with E-state index in [0.717, 1.165) is 55.3 Å². The Labute approximate surface area is 183 Å². The molecule has 0 saturated heterocycles. The van der Waals surface area contributed by atoms with Gasteiger partial charge in [0.1, 0.15) is 5.75 Å². The fraction of sp³-hybridized carbons (Fsp3) is 0.435. The van der Waals surface area contributed by atoms with Crippen LogP contribution < -0.4 is 19.5 Å². The van der Waals surface area contributed by atoms with Gasteiger partial charge in [0.2, 0.25) is 0 Å². The topological polar surface area (TPSA) is 60.0 Å². The zero-order valence-corrected chi connectivity index (χ0v) is 18.8. The van der Waals surface area contributed by atoms with Gasteiger partial charge in [0.25, 0.3) is 5.91 Å². The largest absolute Gasteiger partial charge is 0.496 e. The van der Waals surface area contributed by atoms with Gasteiger partial charge in [0, 0.05) is 24.5 Å². The van der Waals surface area contributed by atoms with Gasteiger partial charge in [-0.25, -0.2) is 0 Å². The maximum absolute atomic E-state index is 12.4. The number of hydrogen-bond acceptors (Lipinski definition) is 6. The molecule has 1 aliphatic heterocycles. The lowest BCUT2D eigenvalue weighted by Gasteiger charge is -2.29. The van der Waals surface area contributed by atoms with E-state index < -0.39 is 0 Å². The van der Waals surface area contributed by atoms with Crippen LogP contribution in [0.4, 0.5) is 0 Å². The van der Waals surface area contributed by atoms with E-state index in [-0.39, 0.29) is 5.91 Å². The number of carbonyl (C=O) groups is 1. The number of thiol groups is 1. The molecule has 2 aromatic carbocycles. The van der Waals surface area contributed by atoms with Crippen molar-refractivity contribution in [2.45, 2.75) is 30.7 Å². The first-order valence-electron chi connectivity index (χ1n) is 10.2. The van der Waals surface area contributed by atoms with Crippen LogP contribution in [-0.4, -0.2) is 51.8 Å². The third-order valence-corrected chi connectivity index (χ3v) is 5.69. The zero-order valence-electron chi connectivity index (χ0n) is 17.9. The summed E-state index contributed by atoms with van der Waals surface area (Å²) in [5.74, 6) is 2.00. The summed E-state index contributed by atoms with van der Waals surface area (Å²) in [5.41, 5.74) is 3.14. The molecule has 1 amide bonds. The number of carbonyl (C=O) groups excluding carboxylic acids is 1. The lowest BCUT2D eigenvalue weighted by atomic mass is 9.98. The van der Waals surface area contributed by atoms with Gasteiger partial charge >= 0.3 is 0 Å². The van der Waals surface area contributed by atoms with E-state index >= 15 is 0 Å². The maximum atomic E-state index is 12.4. The van der Waals surface area contributed by atoms with E-state index in [9.17, 15) is 4.79 Å². The Bertz CT molecular complexity index is 888. The third kappa shape index (κ3) is 5.40. The summed E-state index contributed by atoms with van der Waals surface area (Å²) in [6.45, 7) is 3.57. The summed E-state index contributed by atoms with van der Waals surface area (Å²) in [5, 5.41) is 2.98. The van der Waals surface area contributed by atoms with Crippen LogP contribution in [0.1, 0.15) is 34.3 Å².